The second-order valence-corrected chi connectivity index (χ2v) is 5.09. The summed E-state index contributed by atoms with van der Waals surface area (Å²) in [7, 11) is 3.98. The van der Waals surface area contributed by atoms with Gasteiger partial charge in [0.15, 0.2) is 0 Å². The molecule has 21 heavy (non-hydrogen) atoms. The van der Waals surface area contributed by atoms with Crippen LogP contribution in [0.2, 0.25) is 5.28 Å². The van der Waals surface area contributed by atoms with Gasteiger partial charge in [-0.1, -0.05) is 13.0 Å². The molecule has 7 heteroatoms. The Kier molecular flexibility index (Phi) is 5.16. The van der Waals surface area contributed by atoms with Crippen molar-refractivity contribution in [1.29, 1.82) is 0 Å². The molecule has 2 rings (SSSR count). The summed E-state index contributed by atoms with van der Waals surface area (Å²) in [6.45, 7) is 2.86. The minimum Gasteiger partial charge on any atom is -0.378 e. The molecule has 0 unspecified atom stereocenters. The summed E-state index contributed by atoms with van der Waals surface area (Å²) in [5.41, 5.74) is 1.98. The van der Waals surface area contributed by atoms with E-state index in [1.807, 2.05) is 43.3 Å². The highest BCUT2D eigenvalue weighted by atomic mass is 35.5. The molecule has 0 aliphatic carbocycles. The quantitative estimate of drug-likeness (QED) is 0.854. The van der Waals surface area contributed by atoms with Gasteiger partial charge >= 0.3 is 0 Å². The van der Waals surface area contributed by atoms with E-state index in [0.717, 1.165) is 24.3 Å². The van der Waals surface area contributed by atoms with Gasteiger partial charge in [-0.3, -0.25) is 0 Å². The number of nitrogens with zero attached hydrogens (tertiary/aromatic N) is 4. The van der Waals surface area contributed by atoms with E-state index in [1.54, 1.807) is 0 Å². The topological polar surface area (TPSA) is 66.0 Å². The fourth-order valence-electron chi connectivity index (χ4n) is 1.71. The fourth-order valence-corrected chi connectivity index (χ4v) is 1.87. The molecule has 0 radical (unpaired) electrons. The van der Waals surface area contributed by atoms with Gasteiger partial charge in [0.1, 0.15) is 0 Å². The standard InChI is InChI=1S/C14H19ClN6/c1-4-8-16-13-18-12(15)19-14(20-13)17-10-6-5-7-11(9-10)21(2)3/h5-7,9H,4,8H2,1-3H3,(H2,16,17,18,19,20). The van der Waals surface area contributed by atoms with E-state index in [1.165, 1.54) is 0 Å². The lowest BCUT2D eigenvalue weighted by molar-refractivity contribution is 0.940. The maximum atomic E-state index is 5.93. The minimum absolute atomic E-state index is 0.162. The Hall–Kier alpha value is -2.08. The first-order valence-electron chi connectivity index (χ1n) is 6.78. The molecule has 1 aromatic heterocycles. The second kappa shape index (κ2) is 7.08. The Balaban J connectivity index is 2.18. The van der Waals surface area contributed by atoms with Crippen LogP contribution in [0, 0.1) is 0 Å². The Morgan fingerprint density at radius 3 is 2.62 bits per heavy atom. The molecule has 112 valence electrons. The van der Waals surface area contributed by atoms with Crippen LogP contribution in [0.25, 0.3) is 0 Å². The van der Waals surface area contributed by atoms with Gasteiger partial charge in [0, 0.05) is 32.0 Å². The number of hydrogen-bond acceptors (Lipinski definition) is 6. The lowest BCUT2D eigenvalue weighted by Gasteiger charge is -2.14. The minimum atomic E-state index is 0.162. The van der Waals surface area contributed by atoms with E-state index in [-0.39, 0.29) is 5.28 Å². The van der Waals surface area contributed by atoms with Crippen molar-refractivity contribution in [2.45, 2.75) is 13.3 Å². The Morgan fingerprint density at radius 2 is 1.90 bits per heavy atom. The molecule has 0 spiro atoms. The van der Waals surface area contributed by atoms with Gasteiger partial charge in [0.25, 0.3) is 0 Å². The van der Waals surface area contributed by atoms with Crippen LogP contribution in [0.5, 0.6) is 0 Å². The first kappa shape index (κ1) is 15.3. The Labute approximate surface area is 129 Å². The monoisotopic (exact) mass is 306 g/mol. The largest absolute Gasteiger partial charge is 0.378 e. The van der Waals surface area contributed by atoms with Crippen LogP contribution in [0.15, 0.2) is 24.3 Å². The maximum absolute atomic E-state index is 5.93. The van der Waals surface area contributed by atoms with E-state index in [9.17, 15) is 0 Å². The van der Waals surface area contributed by atoms with Gasteiger partial charge < -0.3 is 15.5 Å². The summed E-state index contributed by atoms with van der Waals surface area (Å²) in [6, 6.07) is 7.96. The van der Waals surface area contributed by atoms with Crippen LogP contribution < -0.4 is 15.5 Å². The molecule has 0 amide bonds. The number of halogens is 1. The van der Waals surface area contributed by atoms with Crippen LogP contribution >= 0.6 is 11.6 Å². The summed E-state index contributed by atoms with van der Waals surface area (Å²) in [5.74, 6) is 0.896. The summed E-state index contributed by atoms with van der Waals surface area (Å²) in [6.07, 6.45) is 0.983. The lowest BCUT2D eigenvalue weighted by atomic mass is 10.2. The lowest BCUT2D eigenvalue weighted by Crippen LogP contribution is -2.09. The molecule has 0 fully saturated rings. The highest BCUT2D eigenvalue weighted by Crippen LogP contribution is 2.20. The third-order valence-corrected chi connectivity index (χ3v) is 2.93. The normalized spacial score (nSPS) is 10.3. The van der Waals surface area contributed by atoms with Gasteiger partial charge in [-0.05, 0) is 36.2 Å². The molecule has 1 heterocycles. The number of aromatic nitrogens is 3. The molecule has 1 aromatic carbocycles. The van der Waals surface area contributed by atoms with Crippen LogP contribution in [0.4, 0.5) is 23.3 Å². The average molecular weight is 307 g/mol. The molecule has 0 aliphatic heterocycles. The molecule has 2 N–H and O–H groups in total. The van der Waals surface area contributed by atoms with Gasteiger partial charge in [0.05, 0.1) is 0 Å². The zero-order valence-corrected chi connectivity index (χ0v) is 13.1. The summed E-state index contributed by atoms with van der Waals surface area (Å²) < 4.78 is 0. The van der Waals surface area contributed by atoms with Crippen LogP contribution in [-0.2, 0) is 0 Å². The Morgan fingerprint density at radius 1 is 1.14 bits per heavy atom. The summed E-state index contributed by atoms with van der Waals surface area (Å²) >= 11 is 5.93. The molecule has 2 aromatic rings. The predicted molar refractivity (Wildman–Crippen MR) is 87.7 cm³/mol. The zero-order chi connectivity index (χ0) is 15.2. The van der Waals surface area contributed by atoms with Crippen molar-refractivity contribution in [3.8, 4) is 0 Å². The third-order valence-electron chi connectivity index (χ3n) is 2.76. The number of benzene rings is 1. The molecule has 0 atom stereocenters. The zero-order valence-electron chi connectivity index (χ0n) is 12.4. The van der Waals surface area contributed by atoms with E-state index in [0.29, 0.717) is 11.9 Å². The number of hydrogen-bond donors (Lipinski definition) is 2. The SMILES string of the molecule is CCCNc1nc(Cl)nc(Nc2cccc(N(C)C)c2)n1. The fraction of sp³-hybridized carbons (Fsp3) is 0.357. The Bertz CT molecular complexity index is 602. The van der Waals surface area contributed by atoms with Gasteiger partial charge in [-0.15, -0.1) is 0 Å². The summed E-state index contributed by atoms with van der Waals surface area (Å²) in [5, 5.41) is 6.40. The van der Waals surface area contributed by atoms with E-state index in [2.05, 4.69) is 32.5 Å². The maximum Gasteiger partial charge on any atom is 0.233 e. The third kappa shape index (κ3) is 4.46. The van der Waals surface area contributed by atoms with Crippen LogP contribution in [0.1, 0.15) is 13.3 Å². The predicted octanol–water partition coefficient (Wildman–Crippen LogP) is 3.16. The van der Waals surface area contributed by atoms with Crippen molar-refractivity contribution < 1.29 is 0 Å². The molecular formula is C14H19ClN6. The highest BCUT2D eigenvalue weighted by Gasteiger charge is 2.05. The van der Waals surface area contributed by atoms with Gasteiger partial charge in [-0.2, -0.15) is 15.0 Å². The van der Waals surface area contributed by atoms with Crippen molar-refractivity contribution in [3.63, 3.8) is 0 Å². The first-order valence-corrected chi connectivity index (χ1v) is 7.16. The average Bonchev–Trinajstić information content (AvgIpc) is 2.45. The van der Waals surface area contributed by atoms with Crippen LogP contribution in [0.3, 0.4) is 0 Å². The van der Waals surface area contributed by atoms with Crippen molar-refractivity contribution in [1.82, 2.24) is 15.0 Å². The number of anilines is 4. The number of nitrogens with one attached hydrogen (secondary N) is 2. The van der Waals surface area contributed by atoms with Crippen LogP contribution in [-0.4, -0.2) is 35.6 Å². The second-order valence-electron chi connectivity index (χ2n) is 4.75. The van der Waals surface area contributed by atoms with E-state index < -0.39 is 0 Å². The first-order chi connectivity index (χ1) is 10.1. The van der Waals surface area contributed by atoms with E-state index >= 15 is 0 Å². The van der Waals surface area contributed by atoms with Crippen molar-refractivity contribution in [3.05, 3.63) is 29.5 Å². The van der Waals surface area contributed by atoms with Crippen molar-refractivity contribution in [2.24, 2.45) is 0 Å². The van der Waals surface area contributed by atoms with Gasteiger partial charge in [-0.25, -0.2) is 0 Å². The summed E-state index contributed by atoms with van der Waals surface area (Å²) in [4.78, 5) is 14.5. The highest BCUT2D eigenvalue weighted by molar-refractivity contribution is 6.28. The molecule has 6 nitrogen and oxygen atoms in total. The molecule has 0 aliphatic rings. The van der Waals surface area contributed by atoms with Crippen molar-refractivity contribution in [2.75, 3.05) is 36.2 Å². The molecule has 0 bridgehead atoms. The number of rotatable bonds is 6. The smallest absolute Gasteiger partial charge is 0.233 e. The molecule has 0 saturated heterocycles. The molecular weight excluding hydrogens is 288 g/mol. The molecule has 0 saturated carbocycles. The van der Waals surface area contributed by atoms with Gasteiger partial charge in [0.2, 0.25) is 17.2 Å². The van der Waals surface area contributed by atoms with E-state index in [4.69, 9.17) is 11.6 Å². The van der Waals surface area contributed by atoms with Crippen molar-refractivity contribution >= 4 is 34.9 Å².